The van der Waals surface area contributed by atoms with Crippen LogP contribution in [0.2, 0.25) is 0 Å². The molecule has 0 aromatic heterocycles. The van der Waals surface area contributed by atoms with Crippen LogP contribution >= 0.6 is 0 Å². The second-order valence-corrected chi connectivity index (χ2v) is 9.22. The van der Waals surface area contributed by atoms with Crippen LogP contribution < -0.4 is 15.5 Å². The van der Waals surface area contributed by atoms with Gasteiger partial charge in [-0.25, -0.2) is 0 Å². The van der Waals surface area contributed by atoms with Gasteiger partial charge >= 0.3 is 0 Å². The number of nitrogens with zero attached hydrogens (tertiary/aromatic N) is 1. The molecule has 0 spiro atoms. The first-order chi connectivity index (χ1) is 16.1. The second kappa shape index (κ2) is 11.3. The van der Waals surface area contributed by atoms with Crippen LogP contribution in [0.15, 0.2) is 48.5 Å². The maximum absolute atomic E-state index is 13.0. The van der Waals surface area contributed by atoms with E-state index in [1.165, 1.54) is 5.56 Å². The highest BCUT2D eigenvalue weighted by Gasteiger charge is 2.27. The van der Waals surface area contributed by atoms with Gasteiger partial charge in [-0.1, -0.05) is 36.8 Å². The zero-order chi connectivity index (χ0) is 23.0. The van der Waals surface area contributed by atoms with E-state index in [9.17, 15) is 9.59 Å². The number of ether oxygens (including phenoxy) is 1. The molecular formula is C27H35N3O3. The number of rotatable bonds is 9. The summed E-state index contributed by atoms with van der Waals surface area (Å²) in [4.78, 5) is 27.8. The molecular weight excluding hydrogens is 414 g/mol. The van der Waals surface area contributed by atoms with E-state index in [-0.39, 0.29) is 17.7 Å². The van der Waals surface area contributed by atoms with Gasteiger partial charge in [-0.15, -0.1) is 0 Å². The molecule has 2 amide bonds. The minimum Gasteiger partial charge on any atom is -0.383 e. The van der Waals surface area contributed by atoms with E-state index in [1.807, 2.05) is 18.2 Å². The van der Waals surface area contributed by atoms with E-state index in [0.717, 1.165) is 57.3 Å². The molecule has 2 aliphatic rings. The van der Waals surface area contributed by atoms with Crippen LogP contribution in [0, 0.1) is 11.8 Å². The molecule has 0 bridgehead atoms. The fraction of sp³-hybridized carbons (Fsp3) is 0.481. The Labute approximate surface area is 196 Å². The third-order valence-electron chi connectivity index (χ3n) is 6.90. The normalized spacial score (nSPS) is 16.8. The van der Waals surface area contributed by atoms with Crippen molar-refractivity contribution in [3.63, 3.8) is 0 Å². The zero-order valence-corrected chi connectivity index (χ0v) is 19.5. The van der Waals surface area contributed by atoms with Crippen LogP contribution in [0.3, 0.4) is 0 Å². The average Bonchev–Trinajstić information content (AvgIpc) is 2.79. The van der Waals surface area contributed by atoms with Gasteiger partial charge in [0.1, 0.15) is 0 Å². The van der Waals surface area contributed by atoms with E-state index in [2.05, 4.69) is 45.9 Å². The summed E-state index contributed by atoms with van der Waals surface area (Å²) in [6.45, 7) is 2.75. The molecule has 6 heteroatoms. The summed E-state index contributed by atoms with van der Waals surface area (Å²) in [5.41, 5.74) is 3.62. The maximum atomic E-state index is 13.0. The van der Waals surface area contributed by atoms with Crippen LogP contribution in [0.25, 0.3) is 0 Å². The SMILES string of the molecule is COCCNC(=O)c1cc(NC(=O)C2CCC2)ccc1N1CCC(Cc2ccccc2)CC1. The molecule has 1 saturated heterocycles. The number of carbonyl (C=O) groups excluding carboxylic acids is 2. The molecule has 0 radical (unpaired) electrons. The van der Waals surface area contributed by atoms with Gasteiger partial charge in [0.2, 0.25) is 5.91 Å². The zero-order valence-electron chi connectivity index (χ0n) is 19.5. The Hall–Kier alpha value is -2.86. The molecule has 6 nitrogen and oxygen atoms in total. The average molecular weight is 450 g/mol. The molecule has 33 heavy (non-hydrogen) atoms. The number of piperidine rings is 1. The van der Waals surface area contributed by atoms with Crippen LogP contribution in [0.5, 0.6) is 0 Å². The van der Waals surface area contributed by atoms with Crippen molar-refractivity contribution in [2.45, 2.75) is 38.5 Å². The number of carbonyl (C=O) groups is 2. The van der Waals surface area contributed by atoms with Crippen molar-refractivity contribution in [3.8, 4) is 0 Å². The van der Waals surface area contributed by atoms with E-state index < -0.39 is 0 Å². The van der Waals surface area contributed by atoms with Gasteiger partial charge < -0.3 is 20.3 Å². The van der Waals surface area contributed by atoms with Gasteiger partial charge in [-0.05, 0) is 61.8 Å². The van der Waals surface area contributed by atoms with Gasteiger partial charge in [0.15, 0.2) is 0 Å². The summed E-state index contributed by atoms with van der Waals surface area (Å²) in [7, 11) is 1.62. The summed E-state index contributed by atoms with van der Waals surface area (Å²) in [5, 5.41) is 5.95. The van der Waals surface area contributed by atoms with Crippen molar-refractivity contribution in [1.82, 2.24) is 5.32 Å². The molecule has 1 saturated carbocycles. The summed E-state index contributed by atoms with van der Waals surface area (Å²) in [6, 6.07) is 16.4. The van der Waals surface area contributed by atoms with E-state index in [0.29, 0.717) is 30.3 Å². The Balaban J connectivity index is 1.45. The molecule has 4 rings (SSSR count). The van der Waals surface area contributed by atoms with Gasteiger partial charge in [0, 0.05) is 44.0 Å². The summed E-state index contributed by atoms with van der Waals surface area (Å²) < 4.78 is 5.07. The Morgan fingerprint density at radius 1 is 1.03 bits per heavy atom. The highest BCUT2D eigenvalue weighted by Crippen LogP contribution is 2.31. The lowest BCUT2D eigenvalue weighted by Crippen LogP contribution is -2.36. The lowest BCUT2D eigenvalue weighted by atomic mass is 9.85. The fourth-order valence-electron chi connectivity index (χ4n) is 4.67. The van der Waals surface area contributed by atoms with Crippen molar-refractivity contribution in [2.24, 2.45) is 11.8 Å². The van der Waals surface area contributed by atoms with Crippen molar-refractivity contribution in [2.75, 3.05) is 43.6 Å². The fourth-order valence-corrected chi connectivity index (χ4v) is 4.67. The molecule has 1 aliphatic carbocycles. The third-order valence-corrected chi connectivity index (χ3v) is 6.90. The molecule has 2 aromatic rings. The highest BCUT2D eigenvalue weighted by molar-refractivity contribution is 6.02. The topological polar surface area (TPSA) is 70.7 Å². The van der Waals surface area contributed by atoms with Gasteiger partial charge in [0.25, 0.3) is 5.91 Å². The van der Waals surface area contributed by atoms with Crippen LogP contribution in [0.1, 0.15) is 48.0 Å². The van der Waals surface area contributed by atoms with Crippen molar-refractivity contribution in [3.05, 3.63) is 59.7 Å². The predicted octanol–water partition coefficient (Wildman–Crippen LogP) is 4.26. The van der Waals surface area contributed by atoms with E-state index >= 15 is 0 Å². The quantitative estimate of drug-likeness (QED) is 0.561. The summed E-state index contributed by atoms with van der Waals surface area (Å²) in [6.07, 6.45) is 6.31. The van der Waals surface area contributed by atoms with Crippen molar-refractivity contribution in [1.29, 1.82) is 0 Å². The summed E-state index contributed by atoms with van der Waals surface area (Å²) >= 11 is 0. The van der Waals surface area contributed by atoms with E-state index in [4.69, 9.17) is 4.74 Å². The first-order valence-corrected chi connectivity index (χ1v) is 12.1. The molecule has 1 aliphatic heterocycles. The molecule has 0 unspecified atom stereocenters. The molecule has 2 fully saturated rings. The van der Waals surface area contributed by atoms with Gasteiger partial charge in [-0.2, -0.15) is 0 Å². The monoisotopic (exact) mass is 449 g/mol. The van der Waals surface area contributed by atoms with Crippen LogP contribution in [0.4, 0.5) is 11.4 Å². The molecule has 176 valence electrons. The maximum Gasteiger partial charge on any atom is 0.253 e. The van der Waals surface area contributed by atoms with Crippen molar-refractivity contribution >= 4 is 23.2 Å². The Morgan fingerprint density at radius 3 is 2.45 bits per heavy atom. The minimum atomic E-state index is -0.131. The van der Waals surface area contributed by atoms with Crippen molar-refractivity contribution < 1.29 is 14.3 Å². The number of anilines is 2. The standard InChI is InChI=1S/C27H35N3O3/c1-33-17-14-28-27(32)24-19-23(29-26(31)22-8-5-9-22)10-11-25(24)30-15-12-21(13-16-30)18-20-6-3-2-4-7-20/h2-4,6-7,10-11,19,21-22H,5,8-9,12-18H2,1H3,(H,28,32)(H,29,31). The van der Waals surface area contributed by atoms with Crippen LogP contribution in [-0.4, -0.2) is 45.2 Å². The smallest absolute Gasteiger partial charge is 0.253 e. The van der Waals surface area contributed by atoms with Crippen LogP contribution in [-0.2, 0) is 16.0 Å². The number of hydrogen-bond donors (Lipinski definition) is 2. The minimum absolute atomic E-state index is 0.0569. The van der Waals surface area contributed by atoms with E-state index in [1.54, 1.807) is 7.11 Å². The first-order valence-electron chi connectivity index (χ1n) is 12.1. The number of methoxy groups -OCH3 is 1. The number of hydrogen-bond acceptors (Lipinski definition) is 4. The highest BCUT2D eigenvalue weighted by atomic mass is 16.5. The summed E-state index contributed by atoms with van der Waals surface area (Å²) in [5.74, 6) is 0.686. The lowest BCUT2D eigenvalue weighted by molar-refractivity contribution is -0.122. The Morgan fingerprint density at radius 2 is 1.79 bits per heavy atom. The van der Waals surface area contributed by atoms with Gasteiger partial charge in [0.05, 0.1) is 12.2 Å². The Kier molecular flexibility index (Phi) is 8.00. The third kappa shape index (κ3) is 6.14. The molecule has 0 atom stereocenters. The second-order valence-electron chi connectivity index (χ2n) is 9.22. The van der Waals surface area contributed by atoms with Gasteiger partial charge in [-0.3, -0.25) is 9.59 Å². The predicted molar refractivity (Wildman–Crippen MR) is 132 cm³/mol. The molecule has 2 N–H and O–H groups in total. The molecule has 2 aromatic carbocycles. The first kappa shape index (κ1) is 23.3. The largest absolute Gasteiger partial charge is 0.383 e. The lowest BCUT2D eigenvalue weighted by Gasteiger charge is -2.35. The Bertz CT molecular complexity index is 935. The number of benzene rings is 2. The number of nitrogens with one attached hydrogen (secondary N) is 2. The molecule has 1 heterocycles. The number of amides is 2.